The van der Waals surface area contributed by atoms with Crippen molar-refractivity contribution in [3.05, 3.63) is 28.2 Å². The van der Waals surface area contributed by atoms with Crippen LogP contribution in [0.1, 0.15) is 31.4 Å². The molecule has 6 heteroatoms. The number of hydrogen-bond acceptors (Lipinski definition) is 3. The molecule has 1 atom stereocenters. The molecule has 0 spiro atoms. The molecule has 1 aromatic carbocycles. The van der Waals surface area contributed by atoms with Gasteiger partial charge in [-0.05, 0) is 25.0 Å². The van der Waals surface area contributed by atoms with Crippen LogP contribution in [0.3, 0.4) is 0 Å². The number of fused-ring (bicyclic) bond motifs is 1. The minimum Gasteiger partial charge on any atom is -0.343 e. The number of carbonyl (C=O) groups excluding carboxylic acids is 2. The molecule has 1 saturated heterocycles. The first-order valence-electron chi connectivity index (χ1n) is 7.16. The van der Waals surface area contributed by atoms with E-state index in [0.29, 0.717) is 0 Å². The molecule has 3 rings (SSSR count). The summed E-state index contributed by atoms with van der Waals surface area (Å²) < 4.78 is 0.956. The van der Waals surface area contributed by atoms with Crippen molar-refractivity contribution in [2.75, 3.05) is 18.4 Å². The molecule has 2 aliphatic heterocycles. The SMILES string of the molecule is CC(=O)N1CCC(NC2C(=O)Nc3cc(Br)ccc32)CC1. The monoisotopic (exact) mass is 351 g/mol. The number of hydrogen-bond donors (Lipinski definition) is 2. The Morgan fingerprint density at radius 1 is 1.38 bits per heavy atom. The van der Waals surface area contributed by atoms with Crippen molar-refractivity contribution < 1.29 is 9.59 Å². The van der Waals surface area contributed by atoms with Gasteiger partial charge in [0.05, 0.1) is 0 Å². The third-order valence-electron chi connectivity index (χ3n) is 4.19. The molecule has 2 heterocycles. The molecule has 1 aromatic rings. The van der Waals surface area contributed by atoms with E-state index >= 15 is 0 Å². The Balaban J connectivity index is 1.67. The van der Waals surface area contributed by atoms with E-state index in [0.717, 1.165) is 41.7 Å². The number of amides is 2. The van der Waals surface area contributed by atoms with Crippen LogP contribution in [0.15, 0.2) is 22.7 Å². The van der Waals surface area contributed by atoms with Crippen molar-refractivity contribution in [3.8, 4) is 0 Å². The number of benzene rings is 1. The lowest BCUT2D eigenvalue weighted by Gasteiger charge is -2.33. The summed E-state index contributed by atoms with van der Waals surface area (Å²) in [6, 6.07) is 5.83. The second kappa shape index (κ2) is 5.77. The first-order chi connectivity index (χ1) is 10.0. The van der Waals surface area contributed by atoms with Crippen LogP contribution >= 0.6 is 15.9 Å². The number of nitrogens with zero attached hydrogens (tertiary/aromatic N) is 1. The predicted molar refractivity (Wildman–Crippen MR) is 83.9 cm³/mol. The Morgan fingerprint density at radius 2 is 2.10 bits per heavy atom. The Morgan fingerprint density at radius 3 is 2.76 bits per heavy atom. The first kappa shape index (κ1) is 14.5. The molecule has 0 aliphatic carbocycles. The third-order valence-corrected chi connectivity index (χ3v) is 4.68. The van der Waals surface area contributed by atoms with Gasteiger partial charge in [-0.25, -0.2) is 0 Å². The highest BCUT2D eigenvalue weighted by molar-refractivity contribution is 9.10. The molecule has 21 heavy (non-hydrogen) atoms. The second-order valence-electron chi connectivity index (χ2n) is 5.60. The molecule has 2 aliphatic rings. The van der Waals surface area contributed by atoms with Gasteiger partial charge in [-0.2, -0.15) is 0 Å². The van der Waals surface area contributed by atoms with Crippen molar-refractivity contribution in [1.29, 1.82) is 0 Å². The topological polar surface area (TPSA) is 61.4 Å². The molecule has 2 amide bonds. The van der Waals surface area contributed by atoms with Gasteiger partial charge in [0.1, 0.15) is 6.04 Å². The van der Waals surface area contributed by atoms with Gasteiger partial charge in [0.15, 0.2) is 0 Å². The summed E-state index contributed by atoms with van der Waals surface area (Å²) in [6.45, 7) is 3.12. The van der Waals surface area contributed by atoms with Gasteiger partial charge in [-0.1, -0.05) is 22.0 Å². The molecule has 0 bridgehead atoms. The van der Waals surface area contributed by atoms with Crippen LogP contribution in [0, 0.1) is 0 Å². The van der Waals surface area contributed by atoms with Gasteiger partial charge in [0.2, 0.25) is 11.8 Å². The molecule has 5 nitrogen and oxygen atoms in total. The summed E-state index contributed by atoms with van der Waals surface area (Å²) in [4.78, 5) is 25.3. The molecule has 1 unspecified atom stereocenters. The zero-order valence-corrected chi connectivity index (χ0v) is 13.4. The van der Waals surface area contributed by atoms with Crippen LogP contribution in [-0.4, -0.2) is 35.8 Å². The van der Waals surface area contributed by atoms with Crippen molar-refractivity contribution in [3.63, 3.8) is 0 Å². The maximum Gasteiger partial charge on any atom is 0.246 e. The summed E-state index contributed by atoms with van der Waals surface area (Å²) in [6.07, 6.45) is 1.77. The maximum absolute atomic E-state index is 12.1. The predicted octanol–water partition coefficient (Wildman–Crippen LogP) is 2.04. The lowest BCUT2D eigenvalue weighted by Crippen LogP contribution is -2.46. The van der Waals surface area contributed by atoms with E-state index in [4.69, 9.17) is 0 Å². The molecule has 112 valence electrons. The quantitative estimate of drug-likeness (QED) is 0.856. The molecular formula is C15H18BrN3O2. The highest BCUT2D eigenvalue weighted by Gasteiger charge is 2.33. The van der Waals surface area contributed by atoms with E-state index in [-0.39, 0.29) is 23.9 Å². The summed E-state index contributed by atoms with van der Waals surface area (Å²) in [5.41, 5.74) is 1.87. The summed E-state index contributed by atoms with van der Waals surface area (Å²) in [5.74, 6) is 0.124. The average Bonchev–Trinajstić information content (AvgIpc) is 2.75. The zero-order valence-electron chi connectivity index (χ0n) is 11.9. The van der Waals surface area contributed by atoms with Crippen molar-refractivity contribution in [2.45, 2.75) is 31.8 Å². The number of rotatable bonds is 2. The van der Waals surface area contributed by atoms with E-state index in [1.54, 1.807) is 6.92 Å². The number of halogens is 1. The Kier molecular flexibility index (Phi) is 3.99. The summed E-state index contributed by atoms with van der Waals surface area (Å²) in [7, 11) is 0. The molecule has 0 aromatic heterocycles. The van der Waals surface area contributed by atoms with E-state index in [1.165, 1.54) is 0 Å². The number of likely N-dealkylation sites (tertiary alicyclic amines) is 1. The fraction of sp³-hybridized carbons (Fsp3) is 0.467. The van der Waals surface area contributed by atoms with Crippen molar-refractivity contribution >= 4 is 33.4 Å². The van der Waals surface area contributed by atoms with Crippen LogP contribution in [0.4, 0.5) is 5.69 Å². The number of carbonyl (C=O) groups is 2. The van der Waals surface area contributed by atoms with Crippen LogP contribution < -0.4 is 10.6 Å². The Hall–Kier alpha value is -1.40. The lowest BCUT2D eigenvalue weighted by molar-refractivity contribution is -0.130. The second-order valence-corrected chi connectivity index (χ2v) is 6.52. The van der Waals surface area contributed by atoms with E-state index in [1.807, 2.05) is 23.1 Å². The summed E-state index contributed by atoms with van der Waals surface area (Å²) in [5, 5.41) is 6.35. The Bertz CT molecular complexity index is 582. The number of anilines is 1. The maximum atomic E-state index is 12.1. The Labute approximate surface area is 132 Å². The molecular weight excluding hydrogens is 334 g/mol. The lowest BCUT2D eigenvalue weighted by atomic mass is 10.0. The minimum atomic E-state index is -0.290. The smallest absolute Gasteiger partial charge is 0.246 e. The molecule has 1 fully saturated rings. The minimum absolute atomic E-state index is 0.00269. The fourth-order valence-electron chi connectivity index (χ4n) is 3.00. The summed E-state index contributed by atoms with van der Waals surface area (Å²) >= 11 is 3.41. The largest absolute Gasteiger partial charge is 0.343 e. The van der Waals surface area contributed by atoms with Crippen LogP contribution in [-0.2, 0) is 9.59 Å². The average molecular weight is 352 g/mol. The third kappa shape index (κ3) is 2.96. The van der Waals surface area contributed by atoms with Gasteiger partial charge in [0.25, 0.3) is 0 Å². The highest BCUT2D eigenvalue weighted by atomic mass is 79.9. The van der Waals surface area contributed by atoms with Gasteiger partial charge in [-0.3, -0.25) is 14.9 Å². The van der Waals surface area contributed by atoms with Crippen molar-refractivity contribution in [1.82, 2.24) is 10.2 Å². The number of nitrogens with one attached hydrogen (secondary N) is 2. The van der Waals surface area contributed by atoms with Gasteiger partial charge < -0.3 is 10.2 Å². The fourth-order valence-corrected chi connectivity index (χ4v) is 3.36. The van der Waals surface area contributed by atoms with Crippen LogP contribution in [0.25, 0.3) is 0 Å². The van der Waals surface area contributed by atoms with Gasteiger partial charge in [0, 0.05) is 41.8 Å². The van der Waals surface area contributed by atoms with Gasteiger partial charge >= 0.3 is 0 Å². The highest BCUT2D eigenvalue weighted by Crippen LogP contribution is 2.33. The van der Waals surface area contributed by atoms with Crippen LogP contribution in [0.2, 0.25) is 0 Å². The van der Waals surface area contributed by atoms with E-state index in [9.17, 15) is 9.59 Å². The normalized spacial score (nSPS) is 22.1. The number of piperidine rings is 1. The molecule has 0 radical (unpaired) electrons. The van der Waals surface area contributed by atoms with E-state index in [2.05, 4.69) is 26.6 Å². The van der Waals surface area contributed by atoms with Gasteiger partial charge in [-0.15, -0.1) is 0 Å². The van der Waals surface area contributed by atoms with Crippen LogP contribution in [0.5, 0.6) is 0 Å². The van der Waals surface area contributed by atoms with E-state index < -0.39 is 0 Å². The molecule has 0 saturated carbocycles. The molecule has 2 N–H and O–H groups in total. The standard InChI is InChI=1S/C15H18BrN3O2/c1-9(20)19-6-4-11(5-7-19)17-14-12-3-2-10(16)8-13(12)18-15(14)21/h2-3,8,11,14,17H,4-7H2,1H3,(H,18,21). The van der Waals surface area contributed by atoms with Crippen molar-refractivity contribution in [2.24, 2.45) is 0 Å². The zero-order chi connectivity index (χ0) is 15.0. The first-order valence-corrected chi connectivity index (χ1v) is 7.96.